The first-order valence-electron chi connectivity index (χ1n) is 8.27. The summed E-state index contributed by atoms with van der Waals surface area (Å²) in [6, 6.07) is 10.3. The Morgan fingerprint density at radius 1 is 0.900 bits per heavy atom. The molecule has 2 nitrogen and oxygen atoms in total. The molecule has 0 saturated heterocycles. The highest BCUT2D eigenvalue weighted by molar-refractivity contribution is 5.18. The lowest BCUT2D eigenvalue weighted by atomic mass is 10.1. The minimum atomic E-state index is 0.0840. The zero-order valence-corrected chi connectivity index (χ0v) is 13.0. The molecule has 0 bridgehead atoms. The fourth-order valence-corrected chi connectivity index (χ4v) is 2.51. The number of hydrogen-bond acceptors (Lipinski definition) is 2. The molecule has 2 heteroatoms. The van der Waals surface area contributed by atoms with Gasteiger partial charge >= 0.3 is 0 Å². The maximum Gasteiger partial charge on any atom is 0.0626 e. The number of rotatable bonds is 12. The Morgan fingerprint density at radius 2 is 1.50 bits per heavy atom. The van der Waals surface area contributed by atoms with Gasteiger partial charge in [0.15, 0.2) is 0 Å². The Hall–Kier alpha value is -0.860. The summed E-state index contributed by atoms with van der Waals surface area (Å²) in [6.45, 7) is 3.42. The van der Waals surface area contributed by atoms with E-state index in [-0.39, 0.29) is 12.6 Å². The Kier molecular flexibility index (Phi) is 10.3. The monoisotopic (exact) mass is 277 g/mol. The van der Waals surface area contributed by atoms with Gasteiger partial charge in [-0.1, -0.05) is 82.2 Å². The molecule has 0 fully saturated rings. The van der Waals surface area contributed by atoms with Gasteiger partial charge in [0, 0.05) is 0 Å². The first-order chi connectivity index (χ1) is 9.88. The van der Waals surface area contributed by atoms with E-state index in [1.54, 1.807) is 0 Å². The second kappa shape index (κ2) is 11.9. The van der Waals surface area contributed by atoms with Crippen LogP contribution in [0.1, 0.15) is 69.9 Å². The van der Waals surface area contributed by atoms with Gasteiger partial charge < -0.3 is 10.4 Å². The second-order valence-corrected chi connectivity index (χ2v) is 5.57. The number of aliphatic hydroxyl groups excluding tert-OH is 1. The number of hydrogen-bond donors (Lipinski definition) is 2. The zero-order chi connectivity index (χ0) is 14.5. The van der Waals surface area contributed by atoms with Gasteiger partial charge in [0.25, 0.3) is 0 Å². The Labute approximate surface area is 124 Å². The lowest BCUT2D eigenvalue weighted by molar-refractivity contribution is 0.244. The minimum absolute atomic E-state index is 0.0840. The molecule has 0 heterocycles. The summed E-state index contributed by atoms with van der Waals surface area (Å²) in [7, 11) is 0. The average molecular weight is 277 g/mol. The van der Waals surface area contributed by atoms with E-state index in [0.717, 1.165) is 6.54 Å². The number of unbranched alkanes of at least 4 members (excludes halogenated alkanes) is 7. The smallest absolute Gasteiger partial charge is 0.0626 e. The SMILES string of the molecule is CCCCCCCCCCN[C@@H](CO)c1ccccc1. The summed E-state index contributed by atoms with van der Waals surface area (Å²) in [6.07, 6.45) is 10.7. The summed E-state index contributed by atoms with van der Waals surface area (Å²) >= 11 is 0. The molecule has 2 N–H and O–H groups in total. The standard InChI is InChI=1S/C18H31NO/c1-2-3-4-5-6-7-8-12-15-19-18(16-20)17-13-10-9-11-14-17/h9-11,13-14,18-20H,2-8,12,15-16H2,1H3/t18-/m0/s1. The van der Waals surface area contributed by atoms with E-state index in [4.69, 9.17) is 0 Å². The number of benzene rings is 1. The molecule has 1 rings (SSSR count). The molecule has 1 atom stereocenters. The molecule has 1 aromatic carbocycles. The summed E-state index contributed by atoms with van der Waals surface area (Å²) in [4.78, 5) is 0. The van der Waals surface area contributed by atoms with Gasteiger partial charge in [0.1, 0.15) is 0 Å². The fraction of sp³-hybridized carbons (Fsp3) is 0.667. The highest BCUT2D eigenvalue weighted by Crippen LogP contribution is 2.12. The highest BCUT2D eigenvalue weighted by Gasteiger charge is 2.07. The Morgan fingerprint density at radius 3 is 2.10 bits per heavy atom. The van der Waals surface area contributed by atoms with Crippen molar-refractivity contribution in [1.82, 2.24) is 5.32 Å². The van der Waals surface area contributed by atoms with Crippen molar-refractivity contribution in [2.75, 3.05) is 13.2 Å². The van der Waals surface area contributed by atoms with Gasteiger partial charge in [-0.05, 0) is 18.5 Å². The van der Waals surface area contributed by atoms with Crippen LogP contribution in [0, 0.1) is 0 Å². The van der Waals surface area contributed by atoms with Gasteiger partial charge in [0.2, 0.25) is 0 Å². The Bertz CT molecular complexity index is 312. The van der Waals surface area contributed by atoms with Crippen molar-refractivity contribution in [3.05, 3.63) is 35.9 Å². The van der Waals surface area contributed by atoms with Gasteiger partial charge in [-0.25, -0.2) is 0 Å². The summed E-state index contributed by atoms with van der Waals surface area (Å²) in [5.74, 6) is 0. The van der Waals surface area contributed by atoms with E-state index in [0.29, 0.717) is 0 Å². The van der Waals surface area contributed by atoms with Crippen LogP contribution >= 0.6 is 0 Å². The largest absolute Gasteiger partial charge is 0.394 e. The molecule has 114 valence electrons. The molecule has 0 radical (unpaired) electrons. The van der Waals surface area contributed by atoms with Gasteiger partial charge in [-0.3, -0.25) is 0 Å². The van der Waals surface area contributed by atoms with Crippen LogP contribution in [0.3, 0.4) is 0 Å². The first-order valence-corrected chi connectivity index (χ1v) is 8.27. The molecule has 0 aliphatic carbocycles. The summed E-state index contributed by atoms with van der Waals surface area (Å²) in [5.41, 5.74) is 1.18. The number of aliphatic hydroxyl groups is 1. The van der Waals surface area contributed by atoms with E-state index in [1.165, 1.54) is 56.9 Å². The average Bonchev–Trinajstić information content (AvgIpc) is 2.50. The predicted octanol–water partition coefficient (Wildman–Crippen LogP) is 4.45. The van der Waals surface area contributed by atoms with Crippen molar-refractivity contribution >= 4 is 0 Å². The van der Waals surface area contributed by atoms with Crippen LogP contribution < -0.4 is 5.32 Å². The van der Waals surface area contributed by atoms with Crippen LogP contribution in [0.5, 0.6) is 0 Å². The molecule has 20 heavy (non-hydrogen) atoms. The van der Waals surface area contributed by atoms with Crippen LogP contribution in [-0.2, 0) is 0 Å². The summed E-state index contributed by atoms with van der Waals surface area (Å²) in [5, 5.41) is 12.9. The van der Waals surface area contributed by atoms with Crippen molar-refractivity contribution in [3.63, 3.8) is 0 Å². The van der Waals surface area contributed by atoms with Crippen LogP contribution in [-0.4, -0.2) is 18.3 Å². The zero-order valence-electron chi connectivity index (χ0n) is 13.0. The second-order valence-electron chi connectivity index (χ2n) is 5.57. The van der Waals surface area contributed by atoms with Gasteiger partial charge in [-0.2, -0.15) is 0 Å². The van der Waals surface area contributed by atoms with Crippen LogP contribution in [0.25, 0.3) is 0 Å². The van der Waals surface area contributed by atoms with Crippen molar-refractivity contribution in [2.24, 2.45) is 0 Å². The highest BCUT2D eigenvalue weighted by atomic mass is 16.3. The number of nitrogens with one attached hydrogen (secondary N) is 1. The van der Waals surface area contributed by atoms with Crippen LogP contribution in [0.15, 0.2) is 30.3 Å². The van der Waals surface area contributed by atoms with E-state index < -0.39 is 0 Å². The lowest BCUT2D eigenvalue weighted by Gasteiger charge is -2.16. The van der Waals surface area contributed by atoms with E-state index in [2.05, 4.69) is 24.4 Å². The molecule has 1 aromatic rings. The quantitative estimate of drug-likeness (QED) is 0.553. The molecular formula is C18H31NO. The maximum atomic E-state index is 9.44. The molecule has 0 aliphatic rings. The molecule has 0 unspecified atom stereocenters. The molecule has 0 saturated carbocycles. The van der Waals surface area contributed by atoms with E-state index >= 15 is 0 Å². The topological polar surface area (TPSA) is 32.3 Å². The predicted molar refractivity (Wildman–Crippen MR) is 86.9 cm³/mol. The third-order valence-corrected chi connectivity index (χ3v) is 3.81. The normalized spacial score (nSPS) is 12.5. The molecule has 0 aromatic heterocycles. The molecule has 0 amide bonds. The van der Waals surface area contributed by atoms with E-state index in [9.17, 15) is 5.11 Å². The lowest BCUT2D eigenvalue weighted by Crippen LogP contribution is -2.25. The third kappa shape index (κ3) is 7.66. The van der Waals surface area contributed by atoms with E-state index in [1.807, 2.05) is 18.2 Å². The molecule has 0 spiro atoms. The maximum absolute atomic E-state index is 9.44. The van der Waals surface area contributed by atoms with Crippen molar-refractivity contribution < 1.29 is 5.11 Å². The van der Waals surface area contributed by atoms with Crippen molar-refractivity contribution in [2.45, 2.75) is 64.3 Å². The van der Waals surface area contributed by atoms with Gasteiger partial charge in [-0.15, -0.1) is 0 Å². The van der Waals surface area contributed by atoms with Crippen molar-refractivity contribution in [3.8, 4) is 0 Å². The summed E-state index contributed by atoms with van der Waals surface area (Å²) < 4.78 is 0. The minimum Gasteiger partial charge on any atom is -0.394 e. The Balaban J connectivity index is 2.02. The molecule has 0 aliphatic heterocycles. The fourth-order valence-electron chi connectivity index (χ4n) is 2.51. The molecular weight excluding hydrogens is 246 g/mol. The van der Waals surface area contributed by atoms with Crippen LogP contribution in [0.4, 0.5) is 0 Å². The third-order valence-electron chi connectivity index (χ3n) is 3.81. The van der Waals surface area contributed by atoms with Crippen molar-refractivity contribution in [1.29, 1.82) is 0 Å². The van der Waals surface area contributed by atoms with Crippen LogP contribution in [0.2, 0.25) is 0 Å². The first kappa shape index (κ1) is 17.2. The van der Waals surface area contributed by atoms with Gasteiger partial charge in [0.05, 0.1) is 12.6 Å².